The van der Waals surface area contributed by atoms with E-state index in [-0.39, 0.29) is 25.3 Å². The highest BCUT2D eigenvalue weighted by Gasteiger charge is 2.18. The zero-order valence-electron chi connectivity index (χ0n) is 13.9. The zero-order valence-corrected chi connectivity index (χ0v) is 14.8. The maximum absolute atomic E-state index is 12.1. The Morgan fingerprint density at radius 2 is 2.08 bits per heavy atom. The summed E-state index contributed by atoms with van der Waals surface area (Å²) in [4.78, 5) is 27.1. The lowest BCUT2D eigenvalue weighted by atomic mass is 10.2. The molecule has 8 heteroatoms. The van der Waals surface area contributed by atoms with Gasteiger partial charge < -0.3 is 14.8 Å². The number of nitrogens with one attached hydrogen (secondary N) is 2. The van der Waals surface area contributed by atoms with Gasteiger partial charge in [0, 0.05) is 22.7 Å². The molecule has 0 bridgehead atoms. The number of amides is 3. The SMILES string of the molecule is C[C@@H](c1cccs1)N(C)CC(=O)NC(=O)Nc1ccc2c(c1)OCO2. The molecule has 0 spiro atoms. The third-order valence-electron chi connectivity index (χ3n) is 3.89. The van der Waals surface area contributed by atoms with Crippen molar-refractivity contribution in [1.82, 2.24) is 10.2 Å². The van der Waals surface area contributed by atoms with Crippen LogP contribution < -0.4 is 20.1 Å². The average Bonchev–Trinajstić information content (AvgIpc) is 3.24. The smallest absolute Gasteiger partial charge is 0.325 e. The minimum atomic E-state index is -0.582. The van der Waals surface area contributed by atoms with E-state index in [1.807, 2.05) is 36.4 Å². The molecule has 0 saturated carbocycles. The molecule has 0 saturated heterocycles. The van der Waals surface area contributed by atoms with Gasteiger partial charge in [0.05, 0.1) is 6.54 Å². The molecule has 0 aliphatic carbocycles. The summed E-state index contributed by atoms with van der Waals surface area (Å²) in [7, 11) is 1.85. The molecule has 0 unspecified atom stereocenters. The number of benzene rings is 1. The Bertz CT molecular complexity index is 763. The molecule has 7 nitrogen and oxygen atoms in total. The number of nitrogens with zero attached hydrogens (tertiary/aromatic N) is 1. The van der Waals surface area contributed by atoms with Crippen LogP contribution in [0.15, 0.2) is 35.7 Å². The first-order valence-electron chi connectivity index (χ1n) is 7.77. The summed E-state index contributed by atoms with van der Waals surface area (Å²) in [5, 5.41) is 6.94. The van der Waals surface area contributed by atoms with E-state index in [9.17, 15) is 9.59 Å². The lowest BCUT2D eigenvalue weighted by Gasteiger charge is -2.22. The van der Waals surface area contributed by atoms with Crippen molar-refractivity contribution in [2.24, 2.45) is 0 Å². The van der Waals surface area contributed by atoms with Crippen LogP contribution in [0.25, 0.3) is 0 Å². The molecule has 3 amide bonds. The number of anilines is 1. The zero-order chi connectivity index (χ0) is 17.8. The second kappa shape index (κ2) is 7.54. The maximum Gasteiger partial charge on any atom is 0.325 e. The minimum absolute atomic E-state index is 0.0997. The Kier molecular flexibility index (Phi) is 5.20. The largest absolute Gasteiger partial charge is 0.454 e. The van der Waals surface area contributed by atoms with Gasteiger partial charge in [-0.15, -0.1) is 11.3 Å². The van der Waals surface area contributed by atoms with Crippen LogP contribution in [-0.4, -0.2) is 37.2 Å². The van der Waals surface area contributed by atoms with E-state index in [1.165, 1.54) is 4.88 Å². The molecule has 1 aromatic heterocycles. The lowest BCUT2D eigenvalue weighted by molar-refractivity contribution is -0.121. The van der Waals surface area contributed by atoms with Crippen LogP contribution >= 0.6 is 11.3 Å². The number of carbonyl (C=O) groups excluding carboxylic acids is 2. The van der Waals surface area contributed by atoms with E-state index < -0.39 is 6.03 Å². The number of hydrogen-bond donors (Lipinski definition) is 2. The molecule has 3 rings (SSSR count). The normalized spacial score (nSPS) is 13.6. The second-order valence-electron chi connectivity index (χ2n) is 5.68. The average molecular weight is 361 g/mol. The quantitative estimate of drug-likeness (QED) is 0.856. The van der Waals surface area contributed by atoms with Crippen molar-refractivity contribution in [3.63, 3.8) is 0 Å². The molecule has 1 aliphatic heterocycles. The Balaban J connectivity index is 1.50. The van der Waals surface area contributed by atoms with Gasteiger partial charge in [-0.1, -0.05) is 6.07 Å². The summed E-state index contributed by atoms with van der Waals surface area (Å²) in [6.45, 7) is 2.30. The van der Waals surface area contributed by atoms with Crippen molar-refractivity contribution < 1.29 is 19.1 Å². The monoisotopic (exact) mass is 361 g/mol. The Labute approximate surface area is 149 Å². The molecule has 1 aliphatic rings. The van der Waals surface area contributed by atoms with Crippen LogP contribution in [0.3, 0.4) is 0 Å². The Morgan fingerprint density at radius 3 is 2.84 bits per heavy atom. The first-order chi connectivity index (χ1) is 12.0. The molecule has 132 valence electrons. The highest BCUT2D eigenvalue weighted by atomic mass is 32.1. The van der Waals surface area contributed by atoms with Gasteiger partial charge in [0.1, 0.15) is 0 Å². The van der Waals surface area contributed by atoms with Gasteiger partial charge in [-0.05, 0) is 37.6 Å². The Hall–Kier alpha value is -2.58. The van der Waals surface area contributed by atoms with E-state index in [4.69, 9.17) is 9.47 Å². The van der Waals surface area contributed by atoms with Crippen molar-refractivity contribution in [2.75, 3.05) is 25.7 Å². The van der Waals surface area contributed by atoms with Crippen molar-refractivity contribution in [3.05, 3.63) is 40.6 Å². The lowest BCUT2D eigenvalue weighted by Crippen LogP contribution is -2.41. The van der Waals surface area contributed by atoms with E-state index in [0.29, 0.717) is 17.2 Å². The number of imide groups is 1. The van der Waals surface area contributed by atoms with E-state index in [2.05, 4.69) is 10.6 Å². The predicted octanol–water partition coefficient (Wildman–Crippen LogP) is 2.82. The fraction of sp³-hybridized carbons (Fsp3) is 0.294. The first-order valence-corrected chi connectivity index (χ1v) is 8.65. The number of urea groups is 1. The summed E-state index contributed by atoms with van der Waals surface area (Å²) in [5.41, 5.74) is 0.523. The predicted molar refractivity (Wildman–Crippen MR) is 95.1 cm³/mol. The summed E-state index contributed by atoms with van der Waals surface area (Å²) >= 11 is 1.64. The molecular weight excluding hydrogens is 342 g/mol. The number of hydrogen-bond acceptors (Lipinski definition) is 6. The fourth-order valence-electron chi connectivity index (χ4n) is 2.41. The van der Waals surface area contributed by atoms with Gasteiger partial charge in [0.25, 0.3) is 0 Å². The molecule has 0 fully saturated rings. The topological polar surface area (TPSA) is 79.9 Å². The maximum atomic E-state index is 12.1. The second-order valence-corrected chi connectivity index (χ2v) is 6.66. The molecule has 1 aromatic carbocycles. The third kappa shape index (κ3) is 4.28. The van der Waals surface area contributed by atoms with E-state index in [1.54, 1.807) is 29.5 Å². The standard InChI is InChI=1S/C17H19N3O4S/c1-11(15-4-3-7-25-15)20(2)9-16(21)19-17(22)18-12-5-6-13-14(8-12)24-10-23-13/h3-8,11H,9-10H2,1-2H3,(H2,18,19,21,22)/t11-/m0/s1. The number of thiophene rings is 1. The molecule has 25 heavy (non-hydrogen) atoms. The summed E-state index contributed by atoms with van der Waals surface area (Å²) in [5.74, 6) is 0.823. The Morgan fingerprint density at radius 1 is 1.28 bits per heavy atom. The van der Waals surface area contributed by atoms with Crippen molar-refractivity contribution in [1.29, 1.82) is 0 Å². The molecule has 2 aromatic rings. The summed E-state index contributed by atoms with van der Waals surface area (Å²) in [6, 6.07) is 8.55. The number of rotatable bonds is 5. The van der Waals surface area contributed by atoms with Gasteiger partial charge in [-0.3, -0.25) is 15.0 Å². The van der Waals surface area contributed by atoms with Crippen LogP contribution in [-0.2, 0) is 4.79 Å². The third-order valence-corrected chi connectivity index (χ3v) is 4.94. The van der Waals surface area contributed by atoms with Gasteiger partial charge in [0.2, 0.25) is 12.7 Å². The van der Waals surface area contributed by atoms with Gasteiger partial charge in [-0.25, -0.2) is 4.79 Å². The van der Waals surface area contributed by atoms with Crippen molar-refractivity contribution >= 4 is 29.0 Å². The minimum Gasteiger partial charge on any atom is -0.454 e. The highest BCUT2D eigenvalue weighted by molar-refractivity contribution is 7.10. The van der Waals surface area contributed by atoms with Gasteiger partial charge in [-0.2, -0.15) is 0 Å². The van der Waals surface area contributed by atoms with E-state index in [0.717, 1.165) is 0 Å². The fourth-order valence-corrected chi connectivity index (χ4v) is 3.26. The molecule has 0 radical (unpaired) electrons. The van der Waals surface area contributed by atoms with Gasteiger partial charge in [0.15, 0.2) is 11.5 Å². The molecule has 2 heterocycles. The van der Waals surface area contributed by atoms with Crippen LogP contribution in [0.4, 0.5) is 10.5 Å². The van der Waals surface area contributed by atoms with Crippen molar-refractivity contribution in [2.45, 2.75) is 13.0 Å². The van der Waals surface area contributed by atoms with Gasteiger partial charge >= 0.3 is 6.03 Å². The highest BCUT2D eigenvalue weighted by Crippen LogP contribution is 2.34. The summed E-state index contributed by atoms with van der Waals surface area (Å²) < 4.78 is 10.5. The number of ether oxygens (including phenoxy) is 2. The number of carbonyl (C=O) groups is 2. The molecule has 1 atom stereocenters. The van der Waals surface area contributed by atoms with Crippen LogP contribution in [0.1, 0.15) is 17.8 Å². The molecule has 2 N–H and O–H groups in total. The van der Waals surface area contributed by atoms with Crippen molar-refractivity contribution in [3.8, 4) is 11.5 Å². The first kappa shape index (κ1) is 17.2. The summed E-state index contributed by atoms with van der Waals surface area (Å²) in [6.07, 6.45) is 0. The van der Waals surface area contributed by atoms with E-state index >= 15 is 0 Å². The molecular formula is C17H19N3O4S. The number of fused-ring (bicyclic) bond motifs is 1. The van der Waals surface area contributed by atoms with Crippen LogP contribution in [0.5, 0.6) is 11.5 Å². The van der Waals surface area contributed by atoms with Crippen LogP contribution in [0.2, 0.25) is 0 Å². The number of likely N-dealkylation sites (N-methyl/N-ethyl adjacent to an activating group) is 1. The van der Waals surface area contributed by atoms with Crippen LogP contribution in [0, 0.1) is 0 Å².